The average molecular weight is 340 g/mol. The molecule has 3 aromatic carbocycles. The summed E-state index contributed by atoms with van der Waals surface area (Å²) >= 11 is 0. The number of hydrogen-bond donors (Lipinski definition) is 0. The number of para-hydroxylation sites is 1. The van der Waals surface area contributed by atoms with Gasteiger partial charge in [-0.15, -0.1) is 5.10 Å². The summed E-state index contributed by atoms with van der Waals surface area (Å²) < 4.78 is 7.91. The van der Waals surface area contributed by atoms with Crippen LogP contribution in [0.5, 0.6) is 5.75 Å². The third-order valence-electron chi connectivity index (χ3n) is 4.52. The molecule has 0 aliphatic rings. The fourth-order valence-corrected chi connectivity index (χ4v) is 3.21. The van der Waals surface area contributed by atoms with E-state index in [1.807, 2.05) is 55.5 Å². The van der Waals surface area contributed by atoms with Crippen LogP contribution < -0.4 is 4.74 Å². The second-order valence-corrected chi connectivity index (χ2v) is 6.24. The minimum atomic E-state index is -0.278. The van der Waals surface area contributed by atoms with Gasteiger partial charge < -0.3 is 4.74 Å². The molecule has 1 atom stereocenters. The third-order valence-corrected chi connectivity index (χ3v) is 4.52. The van der Waals surface area contributed by atoms with E-state index in [0.29, 0.717) is 5.82 Å². The van der Waals surface area contributed by atoms with Crippen LogP contribution in [0.3, 0.4) is 0 Å². The number of benzene rings is 3. The molecule has 0 aliphatic carbocycles. The molecule has 0 saturated carbocycles. The van der Waals surface area contributed by atoms with E-state index in [0.717, 1.165) is 33.1 Å². The lowest BCUT2D eigenvalue weighted by Gasteiger charge is -2.13. The van der Waals surface area contributed by atoms with Gasteiger partial charge in [0.05, 0.1) is 5.52 Å². The van der Waals surface area contributed by atoms with Gasteiger partial charge in [0, 0.05) is 10.8 Å². The predicted molar refractivity (Wildman–Crippen MR) is 101 cm³/mol. The lowest BCUT2D eigenvalue weighted by Crippen LogP contribution is -2.05. The Labute approximate surface area is 149 Å². The highest BCUT2D eigenvalue weighted by Crippen LogP contribution is 2.29. The van der Waals surface area contributed by atoms with Crippen LogP contribution in [0.25, 0.3) is 27.3 Å². The molecule has 0 radical (unpaired) electrons. The molecular formula is C21H16N4O. The maximum absolute atomic E-state index is 6.20. The van der Waals surface area contributed by atoms with Gasteiger partial charge in [0.25, 0.3) is 0 Å². The quantitative estimate of drug-likeness (QED) is 0.483. The largest absolute Gasteiger partial charge is 0.482 e. The van der Waals surface area contributed by atoms with Gasteiger partial charge >= 0.3 is 0 Å². The Morgan fingerprint density at radius 1 is 0.885 bits per heavy atom. The summed E-state index contributed by atoms with van der Waals surface area (Å²) in [5.74, 6) is 1.47. The van der Waals surface area contributed by atoms with Gasteiger partial charge in [-0.2, -0.15) is 0 Å². The lowest BCUT2D eigenvalue weighted by molar-refractivity contribution is 0.219. The number of nitrogens with zero attached hydrogens (tertiary/aromatic N) is 4. The van der Waals surface area contributed by atoms with E-state index >= 15 is 0 Å². The molecule has 0 spiro atoms. The second-order valence-electron chi connectivity index (χ2n) is 6.24. The highest BCUT2D eigenvalue weighted by atomic mass is 16.5. The van der Waals surface area contributed by atoms with Crippen LogP contribution in [0.15, 0.2) is 73.1 Å². The van der Waals surface area contributed by atoms with Crippen molar-refractivity contribution in [2.24, 2.45) is 0 Å². The van der Waals surface area contributed by atoms with Crippen LogP contribution >= 0.6 is 0 Å². The molecule has 2 heterocycles. The summed E-state index contributed by atoms with van der Waals surface area (Å²) in [5.41, 5.74) is 1.69. The molecule has 0 aliphatic heterocycles. The van der Waals surface area contributed by atoms with E-state index in [4.69, 9.17) is 9.72 Å². The average Bonchev–Trinajstić information content (AvgIpc) is 3.13. The molecule has 0 bridgehead atoms. The van der Waals surface area contributed by atoms with Gasteiger partial charge in [-0.05, 0) is 30.5 Å². The van der Waals surface area contributed by atoms with Gasteiger partial charge in [-0.1, -0.05) is 48.5 Å². The smallest absolute Gasteiger partial charge is 0.192 e. The van der Waals surface area contributed by atoms with Crippen LogP contribution in [-0.4, -0.2) is 19.6 Å². The Bertz CT molecular complexity index is 1240. The molecule has 0 fully saturated rings. The van der Waals surface area contributed by atoms with Crippen molar-refractivity contribution < 1.29 is 4.74 Å². The molecule has 0 N–H and O–H groups in total. The Morgan fingerprint density at radius 2 is 1.65 bits per heavy atom. The first-order valence-corrected chi connectivity index (χ1v) is 8.54. The molecule has 5 nitrogen and oxygen atoms in total. The topological polar surface area (TPSA) is 52.3 Å². The van der Waals surface area contributed by atoms with Crippen molar-refractivity contribution in [2.75, 3.05) is 0 Å². The normalized spacial score (nSPS) is 12.7. The number of fused-ring (bicyclic) bond motifs is 4. The van der Waals surface area contributed by atoms with E-state index in [2.05, 4.69) is 28.3 Å². The number of ether oxygens (including phenoxy) is 1. The SMILES string of the molecule is CC(Oc1cccc2ccccc12)c1nc2c3ccccc3ncn2n1. The Balaban J connectivity index is 1.56. The van der Waals surface area contributed by atoms with Crippen LogP contribution in [0.2, 0.25) is 0 Å². The molecule has 126 valence electrons. The number of hydrogen-bond acceptors (Lipinski definition) is 4. The summed E-state index contributed by atoms with van der Waals surface area (Å²) in [7, 11) is 0. The van der Waals surface area contributed by atoms with Gasteiger partial charge in [0.1, 0.15) is 12.1 Å². The van der Waals surface area contributed by atoms with Crippen molar-refractivity contribution in [1.29, 1.82) is 0 Å². The molecule has 0 saturated heterocycles. The zero-order valence-electron chi connectivity index (χ0n) is 14.2. The highest BCUT2D eigenvalue weighted by molar-refractivity contribution is 5.90. The fraction of sp³-hybridized carbons (Fsp3) is 0.0952. The summed E-state index contributed by atoms with van der Waals surface area (Å²) in [5, 5.41) is 7.76. The monoisotopic (exact) mass is 340 g/mol. The Morgan fingerprint density at radius 3 is 2.58 bits per heavy atom. The molecule has 5 heteroatoms. The summed E-state index contributed by atoms with van der Waals surface area (Å²) in [6, 6.07) is 22.2. The zero-order chi connectivity index (χ0) is 17.5. The van der Waals surface area contributed by atoms with Crippen molar-refractivity contribution in [3.05, 3.63) is 78.9 Å². The van der Waals surface area contributed by atoms with Gasteiger partial charge in [-0.25, -0.2) is 14.5 Å². The van der Waals surface area contributed by atoms with Crippen LogP contribution in [-0.2, 0) is 0 Å². The van der Waals surface area contributed by atoms with Crippen LogP contribution in [0.4, 0.5) is 0 Å². The molecule has 5 rings (SSSR count). The first kappa shape index (κ1) is 14.8. The third kappa shape index (κ3) is 2.37. The van der Waals surface area contributed by atoms with Crippen molar-refractivity contribution in [3.63, 3.8) is 0 Å². The molecule has 1 unspecified atom stereocenters. The standard InChI is InChI=1S/C21H16N4O/c1-14(26-19-12-6-8-15-7-2-3-9-16(15)19)20-23-21-17-10-4-5-11-18(17)22-13-25(21)24-20/h2-14H,1H3. The lowest BCUT2D eigenvalue weighted by atomic mass is 10.1. The number of aromatic nitrogens is 4. The molecule has 0 amide bonds. The minimum Gasteiger partial charge on any atom is -0.482 e. The van der Waals surface area contributed by atoms with E-state index in [-0.39, 0.29) is 6.10 Å². The van der Waals surface area contributed by atoms with E-state index in [1.54, 1.807) is 10.8 Å². The summed E-state index contributed by atoms with van der Waals surface area (Å²) in [4.78, 5) is 9.13. The maximum atomic E-state index is 6.20. The van der Waals surface area contributed by atoms with Gasteiger partial charge in [-0.3, -0.25) is 0 Å². The van der Waals surface area contributed by atoms with Crippen LogP contribution in [0, 0.1) is 0 Å². The summed E-state index contributed by atoms with van der Waals surface area (Å²) in [6.45, 7) is 1.96. The second kappa shape index (κ2) is 5.81. The molecule has 2 aromatic heterocycles. The summed E-state index contributed by atoms with van der Waals surface area (Å²) in [6.07, 6.45) is 1.41. The fourth-order valence-electron chi connectivity index (χ4n) is 3.21. The maximum Gasteiger partial charge on any atom is 0.192 e. The molecule has 5 aromatic rings. The first-order chi connectivity index (χ1) is 12.8. The predicted octanol–water partition coefficient (Wildman–Crippen LogP) is 4.57. The van der Waals surface area contributed by atoms with Crippen molar-refractivity contribution >= 4 is 27.3 Å². The zero-order valence-corrected chi connectivity index (χ0v) is 14.2. The van der Waals surface area contributed by atoms with Gasteiger partial charge in [0.15, 0.2) is 17.6 Å². The van der Waals surface area contributed by atoms with Crippen molar-refractivity contribution in [3.8, 4) is 5.75 Å². The highest BCUT2D eigenvalue weighted by Gasteiger charge is 2.16. The van der Waals surface area contributed by atoms with E-state index in [9.17, 15) is 0 Å². The minimum absolute atomic E-state index is 0.278. The molecule has 26 heavy (non-hydrogen) atoms. The van der Waals surface area contributed by atoms with Crippen molar-refractivity contribution in [2.45, 2.75) is 13.0 Å². The van der Waals surface area contributed by atoms with E-state index in [1.165, 1.54) is 0 Å². The first-order valence-electron chi connectivity index (χ1n) is 8.54. The molecular weight excluding hydrogens is 324 g/mol. The number of rotatable bonds is 3. The Kier molecular flexibility index (Phi) is 3.31. The Hall–Kier alpha value is -3.47. The van der Waals surface area contributed by atoms with E-state index < -0.39 is 0 Å². The van der Waals surface area contributed by atoms with Crippen LogP contribution in [0.1, 0.15) is 18.9 Å². The van der Waals surface area contributed by atoms with Crippen molar-refractivity contribution in [1.82, 2.24) is 19.6 Å². The van der Waals surface area contributed by atoms with Gasteiger partial charge in [0.2, 0.25) is 0 Å².